The van der Waals surface area contributed by atoms with Crippen molar-refractivity contribution >= 4 is 11.0 Å². The number of hydrogen-bond acceptors (Lipinski definition) is 5. The summed E-state index contributed by atoms with van der Waals surface area (Å²) in [6.07, 6.45) is 0. The van der Waals surface area contributed by atoms with Crippen molar-refractivity contribution in [2.24, 2.45) is 0 Å². The van der Waals surface area contributed by atoms with E-state index >= 15 is 0 Å². The van der Waals surface area contributed by atoms with Crippen molar-refractivity contribution in [1.82, 2.24) is 15.0 Å². The van der Waals surface area contributed by atoms with E-state index in [1.54, 1.807) is 16.8 Å². The molecule has 0 radical (unpaired) electrons. The molecule has 0 aliphatic rings. The first-order valence-corrected chi connectivity index (χ1v) is 8.23. The number of rotatable bonds is 3. The summed E-state index contributed by atoms with van der Waals surface area (Å²) >= 11 is 0. The Hall–Kier alpha value is -4.16. The maximum atomic E-state index is 9.41. The zero-order chi connectivity index (χ0) is 18.8. The molecule has 4 rings (SSSR count). The second-order valence-corrected chi connectivity index (χ2v) is 5.99. The first-order valence-electron chi connectivity index (χ1n) is 8.23. The lowest BCUT2D eigenvalue weighted by Crippen LogP contribution is -2.02. The van der Waals surface area contributed by atoms with Crippen LogP contribution in [-0.4, -0.2) is 15.0 Å². The topological polar surface area (TPSA) is 87.5 Å². The van der Waals surface area contributed by atoms with E-state index in [0.29, 0.717) is 17.2 Å². The maximum absolute atomic E-state index is 9.41. The van der Waals surface area contributed by atoms with Crippen molar-refractivity contribution < 1.29 is 4.74 Å². The van der Waals surface area contributed by atoms with E-state index in [-0.39, 0.29) is 11.1 Å². The van der Waals surface area contributed by atoms with Crippen LogP contribution in [0.1, 0.15) is 16.7 Å². The number of hydrogen-bond donors (Lipinski definition) is 0. The molecular weight excluding hydrogens is 338 g/mol. The van der Waals surface area contributed by atoms with Gasteiger partial charge in [0.1, 0.15) is 29.1 Å². The van der Waals surface area contributed by atoms with Gasteiger partial charge in [-0.2, -0.15) is 10.5 Å². The molecule has 0 spiro atoms. The number of benzene rings is 3. The van der Waals surface area contributed by atoms with Crippen LogP contribution in [0.2, 0.25) is 0 Å². The van der Waals surface area contributed by atoms with Crippen molar-refractivity contribution in [2.75, 3.05) is 0 Å². The van der Waals surface area contributed by atoms with E-state index < -0.39 is 0 Å². The second-order valence-electron chi connectivity index (χ2n) is 5.99. The van der Waals surface area contributed by atoms with Crippen LogP contribution in [0.3, 0.4) is 0 Å². The van der Waals surface area contributed by atoms with Gasteiger partial charge in [0.05, 0.1) is 16.6 Å². The molecule has 3 aromatic carbocycles. The van der Waals surface area contributed by atoms with E-state index in [9.17, 15) is 10.5 Å². The van der Waals surface area contributed by atoms with Gasteiger partial charge in [-0.1, -0.05) is 35.0 Å². The van der Waals surface area contributed by atoms with Gasteiger partial charge in [0.25, 0.3) is 0 Å². The molecule has 4 aromatic rings. The van der Waals surface area contributed by atoms with E-state index in [0.717, 1.165) is 16.6 Å². The largest absolute Gasteiger partial charge is 0.455 e. The van der Waals surface area contributed by atoms with Gasteiger partial charge in [-0.25, -0.2) is 4.68 Å². The lowest BCUT2D eigenvalue weighted by Gasteiger charge is -2.13. The third-order valence-corrected chi connectivity index (χ3v) is 4.17. The number of nitriles is 2. The second kappa shape index (κ2) is 6.62. The molecule has 0 aliphatic heterocycles. The average Bonchev–Trinajstić information content (AvgIpc) is 3.13. The van der Waals surface area contributed by atoms with Crippen molar-refractivity contribution in [3.8, 4) is 29.3 Å². The molecule has 0 amide bonds. The molecule has 128 valence electrons. The van der Waals surface area contributed by atoms with E-state index in [4.69, 9.17) is 4.74 Å². The summed E-state index contributed by atoms with van der Waals surface area (Å²) in [7, 11) is 0. The number of para-hydroxylation sites is 1. The van der Waals surface area contributed by atoms with E-state index in [1.807, 2.05) is 61.5 Å². The lowest BCUT2D eigenvalue weighted by molar-refractivity contribution is 0.478. The number of aromatic nitrogens is 3. The van der Waals surface area contributed by atoms with Crippen molar-refractivity contribution in [1.29, 1.82) is 10.5 Å². The Bertz CT molecular complexity index is 1230. The van der Waals surface area contributed by atoms with Gasteiger partial charge >= 0.3 is 0 Å². The predicted molar refractivity (Wildman–Crippen MR) is 99.5 cm³/mol. The van der Waals surface area contributed by atoms with Gasteiger partial charge in [-0.3, -0.25) is 0 Å². The van der Waals surface area contributed by atoms with Crippen LogP contribution >= 0.6 is 0 Å². The minimum atomic E-state index is 0.243. The summed E-state index contributed by atoms with van der Waals surface area (Å²) in [5.74, 6) is 1.05. The Morgan fingerprint density at radius 3 is 2.37 bits per heavy atom. The van der Waals surface area contributed by atoms with Crippen molar-refractivity contribution in [3.05, 3.63) is 77.4 Å². The SMILES string of the molecule is Cc1ccc(Oc2cc(C#N)c(C#N)cc2-n2nnc3ccccc32)cc1. The third kappa shape index (κ3) is 2.97. The molecule has 1 heterocycles. The first kappa shape index (κ1) is 16.3. The fourth-order valence-corrected chi connectivity index (χ4v) is 2.78. The molecule has 0 atom stereocenters. The average molecular weight is 351 g/mol. The summed E-state index contributed by atoms with van der Waals surface area (Å²) in [6, 6.07) is 22.3. The van der Waals surface area contributed by atoms with E-state index in [2.05, 4.69) is 16.4 Å². The number of aryl methyl sites for hydroxylation is 1. The minimum Gasteiger partial charge on any atom is -0.455 e. The summed E-state index contributed by atoms with van der Waals surface area (Å²) in [4.78, 5) is 0. The van der Waals surface area contributed by atoms with Gasteiger partial charge < -0.3 is 4.74 Å². The van der Waals surface area contributed by atoms with Crippen molar-refractivity contribution in [2.45, 2.75) is 6.92 Å². The highest BCUT2D eigenvalue weighted by atomic mass is 16.5. The van der Waals surface area contributed by atoms with Crippen LogP contribution in [0.4, 0.5) is 0 Å². The fraction of sp³-hybridized carbons (Fsp3) is 0.0476. The molecule has 0 unspecified atom stereocenters. The highest BCUT2D eigenvalue weighted by molar-refractivity contribution is 5.77. The van der Waals surface area contributed by atoms with Crippen LogP contribution in [0, 0.1) is 29.6 Å². The summed E-state index contributed by atoms with van der Waals surface area (Å²) in [6.45, 7) is 1.99. The number of nitrogens with zero attached hydrogens (tertiary/aromatic N) is 5. The summed E-state index contributed by atoms with van der Waals surface area (Å²) < 4.78 is 7.64. The molecule has 0 saturated heterocycles. The van der Waals surface area contributed by atoms with Gasteiger partial charge in [-0.05, 0) is 37.3 Å². The highest BCUT2D eigenvalue weighted by Gasteiger charge is 2.16. The maximum Gasteiger partial charge on any atom is 0.154 e. The third-order valence-electron chi connectivity index (χ3n) is 4.17. The monoisotopic (exact) mass is 351 g/mol. The Morgan fingerprint density at radius 1 is 0.926 bits per heavy atom. The fourth-order valence-electron chi connectivity index (χ4n) is 2.78. The van der Waals surface area contributed by atoms with Crippen molar-refractivity contribution in [3.63, 3.8) is 0 Å². The van der Waals surface area contributed by atoms with Gasteiger partial charge in [-0.15, -0.1) is 5.10 Å². The number of fused-ring (bicyclic) bond motifs is 1. The van der Waals surface area contributed by atoms with Crippen LogP contribution < -0.4 is 4.74 Å². The van der Waals surface area contributed by atoms with Gasteiger partial charge in [0, 0.05) is 6.07 Å². The Labute approximate surface area is 155 Å². The zero-order valence-electron chi connectivity index (χ0n) is 14.4. The first-order chi connectivity index (χ1) is 13.2. The van der Waals surface area contributed by atoms with Crippen LogP contribution in [0.5, 0.6) is 11.5 Å². The van der Waals surface area contributed by atoms with Gasteiger partial charge in [0.2, 0.25) is 0 Å². The molecule has 0 aliphatic carbocycles. The Kier molecular flexibility index (Phi) is 4.00. The molecule has 27 heavy (non-hydrogen) atoms. The van der Waals surface area contributed by atoms with Crippen LogP contribution in [0.25, 0.3) is 16.7 Å². The lowest BCUT2D eigenvalue weighted by atomic mass is 10.1. The van der Waals surface area contributed by atoms with Gasteiger partial charge in [0.15, 0.2) is 5.75 Å². The molecular formula is C21H13N5O. The standard InChI is InChI=1S/C21H13N5O/c1-14-6-8-17(9-7-14)27-21-11-16(13-23)15(12-22)10-20(21)26-19-5-3-2-4-18(19)24-25-26/h2-11H,1H3. The smallest absolute Gasteiger partial charge is 0.154 e. The van der Waals surface area contributed by atoms with Crippen LogP contribution in [0.15, 0.2) is 60.7 Å². The zero-order valence-corrected chi connectivity index (χ0v) is 14.4. The minimum absolute atomic E-state index is 0.243. The molecule has 0 fully saturated rings. The number of ether oxygens (including phenoxy) is 1. The molecule has 0 N–H and O–H groups in total. The Balaban J connectivity index is 1.92. The van der Waals surface area contributed by atoms with Crippen LogP contribution in [-0.2, 0) is 0 Å². The summed E-state index contributed by atoms with van der Waals surface area (Å²) in [5, 5.41) is 27.2. The molecule has 0 saturated carbocycles. The predicted octanol–water partition coefficient (Wildman–Crippen LogP) is 4.26. The highest BCUT2D eigenvalue weighted by Crippen LogP contribution is 2.32. The Morgan fingerprint density at radius 2 is 1.63 bits per heavy atom. The molecule has 0 bridgehead atoms. The normalized spacial score (nSPS) is 10.3. The quantitative estimate of drug-likeness (QED) is 0.550. The molecule has 1 aromatic heterocycles. The molecule has 6 heteroatoms. The molecule has 6 nitrogen and oxygen atoms in total. The summed E-state index contributed by atoms with van der Waals surface area (Å²) in [5.41, 5.74) is 3.65. The van der Waals surface area contributed by atoms with E-state index in [1.165, 1.54) is 0 Å².